The first-order valence-electron chi connectivity index (χ1n) is 16.0. The number of hydrogen-bond acceptors (Lipinski definition) is 7. The van der Waals surface area contributed by atoms with Gasteiger partial charge >= 0.3 is 11.9 Å². The number of benzene rings is 2. The molecule has 3 aliphatic rings. The zero-order valence-electron chi connectivity index (χ0n) is 26.7. The van der Waals surface area contributed by atoms with Crippen molar-refractivity contribution in [3.05, 3.63) is 70.8 Å². The number of halogens is 1. The van der Waals surface area contributed by atoms with E-state index in [0.29, 0.717) is 36.2 Å². The summed E-state index contributed by atoms with van der Waals surface area (Å²) in [4.78, 5) is 28.3. The number of aliphatic carboxylic acids is 1. The number of aliphatic hydroxyl groups excluding tert-OH is 1. The van der Waals surface area contributed by atoms with Crippen LogP contribution in [0.3, 0.4) is 0 Å². The van der Waals surface area contributed by atoms with Crippen molar-refractivity contribution >= 4 is 29.2 Å². The minimum atomic E-state index is -2.53. The lowest BCUT2D eigenvalue weighted by Gasteiger charge is -2.45. The van der Waals surface area contributed by atoms with Gasteiger partial charge in [0.25, 0.3) is 0 Å². The van der Waals surface area contributed by atoms with Gasteiger partial charge in [0.1, 0.15) is 17.3 Å². The lowest BCUT2D eigenvalue weighted by molar-refractivity contribution is -0.184. The number of esters is 1. The molecule has 3 N–H and O–H groups in total. The van der Waals surface area contributed by atoms with Crippen molar-refractivity contribution in [1.29, 1.82) is 0 Å². The number of nitrogens with zero attached hydrogens (tertiary/aromatic N) is 1. The Morgan fingerprint density at radius 3 is 2.60 bits per heavy atom. The van der Waals surface area contributed by atoms with Crippen LogP contribution in [0.1, 0.15) is 76.5 Å². The Kier molecular flexibility index (Phi) is 9.33. The van der Waals surface area contributed by atoms with Gasteiger partial charge in [-0.2, -0.15) is 0 Å². The second-order valence-corrected chi connectivity index (χ2v) is 14.5. The lowest BCUT2D eigenvalue weighted by Crippen LogP contribution is -2.50. The molecule has 45 heavy (non-hydrogen) atoms. The highest BCUT2D eigenvalue weighted by atomic mass is 35.5. The van der Waals surface area contributed by atoms with Crippen LogP contribution in [0.5, 0.6) is 5.75 Å². The van der Waals surface area contributed by atoms with Crippen molar-refractivity contribution in [2.75, 3.05) is 24.6 Å². The Hall–Kier alpha value is -3.07. The van der Waals surface area contributed by atoms with Gasteiger partial charge in [0.05, 0.1) is 18.4 Å². The van der Waals surface area contributed by atoms with Crippen LogP contribution in [0.4, 0.5) is 5.69 Å². The number of fused-ring (bicyclic) bond motifs is 3. The third-order valence-electron chi connectivity index (χ3n) is 10.0. The van der Waals surface area contributed by atoms with Crippen molar-refractivity contribution in [2.24, 2.45) is 17.8 Å². The van der Waals surface area contributed by atoms with Gasteiger partial charge in [-0.05, 0) is 112 Å². The fraction of sp³-hybridized carbons (Fsp3) is 0.556. The predicted octanol–water partition coefficient (Wildman–Crippen LogP) is 6.03. The van der Waals surface area contributed by atoms with E-state index in [1.54, 1.807) is 52.0 Å². The molecule has 0 radical (unpaired) electrons. The summed E-state index contributed by atoms with van der Waals surface area (Å²) >= 11 is 6.40. The minimum absolute atomic E-state index is 0.0562. The highest BCUT2D eigenvalue weighted by Gasteiger charge is 2.51. The lowest BCUT2D eigenvalue weighted by atomic mass is 9.68. The van der Waals surface area contributed by atoms with Crippen molar-refractivity contribution in [3.8, 4) is 5.75 Å². The first-order chi connectivity index (χ1) is 21.2. The van der Waals surface area contributed by atoms with Gasteiger partial charge < -0.3 is 29.7 Å². The molecule has 2 aromatic carbocycles. The van der Waals surface area contributed by atoms with Crippen LogP contribution >= 0.6 is 11.6 Å². The van der Waals surface area contributed by atoms with Gasteiger partial charge in [-0.25, -0.2) is 4.79 Å². The minimum Gasteiger partial charge on any atom is -0.490 e. The SMILES string of the molecule is C=CC(O)[C@@H]1CC[C@H]1CN1C[C@@]2(CCCc3cc(Cl)ccc32)COc2ccc(C(O)(C(=O)O)C(CC)C(=O)OC(C)(C)C)cc21. The summed E-state index contributed by atoms with van der Waals surface area (Å²) in [5, 5.41) is 33.7. The number of ether oxygens (including phenoxy) is 2. The van der Waals surface area contributed by atoms with Gasteiger partial charge in [0.2, 0.25) is 5.60 Å². The van der Waals surface area contributed by atoms with Gasteiger partial charge in [-0.15, -0.1) is 6.58 Å². The standard InChI is InChI=1S/C36H46ClNO7/c1-6-27(32(40)45-34(3,4)5)36(43,33(41)42)24-11-15-31-29(18-24)38(19-23-10-13-26(23)30(39)7-2)20-35(21-44-31)16-8-9-22-17-25(37)12-14-28(22)35/h7,11-12,14-15,17-18,23,26-27,30,39,43H,2,6,8-10,13,16,19-21H2,1,3-5H3,(H,41,42)/t23-,26+,27?,30?,35-,36?/m0/s1. The summed E-state index contributed by atoms with van der Waals surface area (Å²) in [5.74, 6) is -2.81. The Labute approximate surface area is 271 Å². The third-order valence-corrected chi connectivity index (χ3v) is 10.3. The van der Waals surface area contributed by atoms with Crippen LogP contribution in [-0.2, 0) is 31.8 Å². The van der Waals surface area contributed by atoms with Crippen LogP contribution in [0.15, 0.2) is 49.1 Å². The van der Waals surface area contributed by atoms with E-state index in [1.807, 2.05) is 12.1 Å². The third kappa shape index (κ3) is 6.34. The number of carbonyl (C=O) groups is 2. The van der Waals surface area contributed by atoms with Gasteiger partial charge in [-0.1, -0.05) is 36.7 Å². The average molecular weight is 640 g/mol. The quantitative estimate of drug-likeness (QED) is 0.225. The van der Waals surface area contributed by atoms with E-state index in [-0.39, 0.29) is 29.2 Å². The molecule has 1 fully saturated rings. The van der Waals surface area contributed by atoms with Gasteiger partial charge in [0.15, 0.2) is 0 Å². The van der Waals surface area contributed by atoms with Crippen LogP contribution < -0.4 is 9.64 Å². The summed E-state index contributed by atoms with van der Waals surface area (Å²) in [6.07, 6.45) is 5.68. The van der Waals surface area contributed by atoms with E-state index in [0.717, 1.165) is 32.1 Å². The topological polar surface area (TPSA) is 117 Å². The van der Waals surface area contributed by atoms with E-state index in [2.05, 4.69) is 17.5 Å². The molecule has 1 aliphatic heterocycles. The molecule has 1 heterocycles. The van der Waals surface area contributed by atoms with Crippen LogP contribution in [0.25, 0.3) is 0 Å². The molecule has 2 aliphatic carbocycles. The maximum Gasteiger partial charge on any atom is 0.341 e. The van der Waals surface area contributed by atoms with Crippen molar-refractivity contribution in [1.82, 2.24) is 0 Å². The Morgan fingerprint density at radius 1 is 1.22 bits per heavy atom. The maximum atomic E-state index is 13.3. The molecule has 1 spiro atoms. The molecule has 244 valence electrons. The first-order valence-corrected chi connectivity index (χ1v) is 16.4. The highest BCUT2D eigenvalue weighted by molar-refractivity contribution is 6.30. The van der Waals surface area contributed by atoms with E-state index in [1.165, 1.54) is 11.1 Å². The summed E-state index contributed by atoms with van der Waals surface area (Å²) in [7, 11) is 0. The first kappa shape index (κ1) is 33.3. The molecule has 5 rings (SSSR count). The molecule has 0 amide bonds. The second-order valence-electron chi connectivity index (χ2n) is 14.1. The molecule has 0 aromatic heterocycles. The number of rotatable bonds is 9. The second kappa shape index (κ2) is 12.6. The number of carbonyl (C=O) groups excluding carboxylic acids is 1. The fourth-order valence-corrected chi connectivity index (χ4v) is 7.75. The summed E-state index contributed by atoms with van der Waals surface area (Å²) in [6.45, 7) is 12.2. The predicted molar refractivity (Wildman–Crippen MR) is 174 cm³/mol. The molecule has 8 nitrogen and oxygen atoms in total. The number of carboxylic acids is 1. The maximum absolute atomic E-state index is 13.3. The molecule has 6 atom stereocenters. The van der Waals surface area contributed by atoms with Crippen LogP contribution in [-0.4, -0.2) is 58.7 Å². The molecular weight excluding hydrogens is 594 g/mol. The highest BCUT2D eigenvalue weighted by Crippen LogP contribution is 2.48. The molecule has 0 bridgehead atoms. The number of anilines is 1. The van der Waals surface area contributed by atoms with E-state index < -0.39 is 35.2 Å². The number of carboxylic acid groups (broad SMARTS) is 1. The molecule has 9 heteroatoms. The zero-order valence-corrected chi connectivity index (χ0v) is 27.5. The number of aliphatic hydroxyl groups is 2. The van der Waals surface area contributed by atoms with E-state index in [4.69, 9.17) is 21.1 Å². The Morgan fingerprint density at radius 2 is 1.98 bits per heavy atom. The van der Waals surface area contributed by atoms with Crippen molar-refractivity contribution < 1.29 is 34.4 Å². The molecule has 3 unspecified atom stereocenters. The van der Waals surface area contributed by atoms with Gasteiger partial charge in [0, 0.05) is 23.5 Å². The summed E-state index contributed by atoms with van der Waals surface area (Å²) < 4.78 is 12.1. The van der Waals surface area contributed by atoms with Gasteiger partial charge in [-0.3, -0.25) is 4.79 Å². The summed E-state index contributed by atoms with van der Waals surface area (Å²) in [6, 6.07) is 11.0. The smallest absolute Gasteiger partial charge is 0.341 e. The fourth-order valence-electron chi connectivity index (χ4n) is 7.56. The average Bonchev–Trinajstić information content (AvgIpc) is 3.11. The zero-order chi connectivity index (χ0) is 32.7. The monoisotopic (exact) mass is 639 g/mol. The summed E-state index contributed by atoms with van der Waals surface area (Å²) in [5.41, 5.74) is -0.591. The number of hydrogen-bond donors (Lipinski definition) is 3. The van der Waals surface area contributed by atoms with Crippen LogP contribution in [0, 0.1) is 17.8 Å². The number of aryl methyl sites for hydroxylation is 1. The Bertz CT molecular complexity index is 1450. The van der Waals surface area contributed by atoms with Crippen LogP contribution in [0.2, 0.25) is 5.02 Å². The molecule has 2 aromatic rings. The molecular formula is C36H46ClNO7. The molecule has 0 saturated heterocycles. The van der Waals surface area contributed by atoms with E-state index >= 15 is 0 Å². The normalized spacial score (nSPS) is 25.4. The van der Waals surface area contributed by atoms with E-state index in [9.17, 15) is 24.9 Å². The van der Waals surface area contributed by atoms with Crippen molar-refractivity contribution in [3.63, 3.8) is 0 Å². The van der Waals surface area contributed by atoms with Crippen molar-refractivity contribution in [2.45, 2.75) is 88.9 Å². The molecule has 1 saturated carbocycles. The largest absolute Gasteiger partial charge is 0.490 e. The Balaban J connectivity index is 1.60.